The first-order valence-electron chi connectivity index (χ1n) is 6.05. The van der Waals surface area contributed by atoms with Gasteiger partial charge < -0.3 is 4.90 Å². The van der Waals surface area contributed by atoms with Crippen LogP contribution in [-0.2, 0) is 15.6 Å². The molecule has 2 rings (SSSR count). The SMILES string of the molecule is CCCCN1CC(F)(S(=O)c2ccccc2)C1=O. The van der Waals surface area contributed by atoms with Crippen LogP contribution < -0.4 is 0 Å². The Labute approximate surface area is 108 Å². The first kappa shape index (κ1) is 13.2. The fourth-order valence-electron chi connectivity index (χ4n) is 1.93. The number of carbonyl (C=O) groups excluding carboxylic acids is 1. The van der Waals surface area contributed by atoms with Gasteiger partial charge in [-0.1, -0.05) is 31.5 Å². The zero-order chi connectivity index (χ0) is 13.2. The molecule has 98 valence electrons. The summed E-state index contributed by atoms with van der Waals surface area (Å²) in [6.45, 7) is 2.50. The summed E-state index contributed by atoms with van der Waals surface area (Å²) in [6.07, 6.45) is 1.80. The maximum Gasteiger partial charge on any atom is 0.283 e. The number of carbonyl (C=O) groups is 1. The Bertz CT molecular complexity index is 465. The highest BCUT2D eigenvalue weighted by Crippen LogP contribution is 2.34. The van der Waals surface area contributed by atoms with Gasteiger partial charge in [0.25, 0.3) is 10.9 Å². The summed E-state index contributed by atoms with van der Waals surface area (Å²) in [6, 6.07) is 8.31. The number of amides is 1. The Morgan fingerprint density at radius 2 is 2.06 bits per heavy atom. The molecule has 18 heavy (non-hydrogen) atoms. The Morgan fingerprint density at radius 1 is 1.39 bits per heavy atom. The third-order valence-corrected chi connectivity index (χ3v) is 4.63. The van der Waals surface area contributed by atoms with E-state index in [2.05, 4.69) is 0 Å². The van der Waals surface area contributed by atoms with E-state index in [1.54, 1.807) is 30.3 Å². The lowest BCUT2D eigenvalue weighted by atomic mass is 10.1. The molecule has 0 saturated carbocycles. The molecular weight excluding hydrogens is 253 g/mol. The lowest BCUT2D eigenvalue weighted by Gasteiger charge is -2.42. The Kier molecular flexibility index (Phi) is 3.80. The molecule has 1 aromatic carbocycles. The maximum absolute atomic E-state index is 14.4. The van der Waals surface area contributed by atoms with Crippen LogP contribution in [0.25, 0.3) is 0 Å². The molecule has 5 heteroatoms. The first-order chi connectivity index (χ1) is 8.59. The smallest absolute Gasteiger partial charge is 0.283 e. The minimum atomic E-state index is -2.23. The van der Waals surface area contributed by atoms with Gasteiger partial charge in [0.05, 0.1) is 6.54 Å². The number of halogens is 1. The van der Waals surface area contributed by atoms with Crippen molar-refractivity contribution < 1.29 is 13.4 Å². The van der Waals surface area contributed by atoms with Gasteiger partial charge in [0.2, 0.25) is 0 Å². The standard InChI is InChI=1S/C13H16FNO2S/c1-2-3-9-15-10-13(14,12(15)16)18(17)11-7-5-4-6-8-11/h4-8H,2-3,9-10H2,1H3. The van der Waals surface area contributed by atoms with Gasteiger partial charge >= 0.3 is 0 Å². The molecule has 0 radical (unpaired) electrons. The van der Waals surface area contributed by atoms with Crippen molar-refractivity contribution in [3.63, 3.8) is 0 Å². The largest absolute Gasteiger partial charge is 0.334 e. The van der Waals surface area contributed by atoms with E-state index in [4.69, 9.17) is 0 Å². The minimum Gasteiger partial charge on any atom is -0.334 e. The summed E-state index contributed by atoms with van der Waals surface area (Å²) in [5.41, 5.74) is 0. The van der Waals surface area contributed by atoms with Crippen LogP contribution in [0, 0.1) is 0 Å². The number of unbranched alkanes of at least 4 members (excludes halogenated alkanes) is 1. The topological polar surface area (TPSA) is 37.4 Å². The molecule has 1 aliphatic rings. The molecule has 0 aromatic heterocycles. The van der Waals surface area contributed by atoms with Crippen molar-refractivity contribution >= 4 is 16.7 Å². The summed E-state index contributed by atoms with van der Waals surface area (Å²) >= 11 is 0. The third-order valence-electron chi connectivity index (χ3n) is 3.03. The van der Waals surface area contributed by atoms with Crippen molar-refractivity contribution in [2.45, 2.75) is 29.7 Å². The van der Waals surface area contributed by atoms with Gasteiger partial charge in [0, 0.05) is 11.4 Å². The fourth-order valence-corrected chi connectivity index (χ4v) is 3.27. The predicted octanol–water partition coefficient (Wildman–Crippen LogP) is 2.10. The molecule has 2 unspecified atom stereocenters. The van der Waals surface area contributed by atoms with Gasteiger partial charge in [-0.05, 0) is 18.6 Å². The van der Waals surface area contributed by atoms with E-state index in [0.29, 0.717) is 11.4 Å². The molecule has 0 bridgehead atoms. The highest BCUT2D eigenvalue weighted by molar-refractivity contribution is 7.87. The van der Waals surface area contributed by atoms with Crippen molar-refractivity contribution in [2.75, 3.05) is 13.1 Å². The lowest BCUT2D eigenvalue weighted by molar-refractivity contribution is -0.153. The van der Waals surface area contributed by atoms with E-state index >= 15 is 0 Å². The lowest BCUT2D eigenvalue weighted by Crippen LogP contribution is -2.66. The van der Waals surface area contributed by atoms with E-state index in [-0.39, 0.29) is 6.54 Å². The van der Waals surface area contributed by atoms with Gasteiger partial charge in [-0.2, -0.15) is 0 Å². The molecular formula is C13H16FNO2S. The molecule has 1 aromatic rings. The molecule has 2 atom stereocenters. The second-order valence-electron chi connectivity index (χ2n) is 4.39. The zero-order valence-corrected chi connectivity index (χ0v) is 11.1. The Hall–Kier alpha value is -1.23. The number of alkyl halides is 1. The van der Waals surface area contributed by atoms with Crippen LogP contribution in [0.15, 0.2) is 35.2 Å². The van der Waals surface area contributed by atoms with Crippen molar-refractivity contribution in [1.82, 2.24) is 4.90 Å². The highest BCUT2D eigenvalue weighted by Gasteiger charge is 2.58. The summed E-state index contributed by atoms with van der Waals surface area (Å²) in [4.78, 5) is 13.6. The normalized spacial score (nSPS) is 24.8. The van der Waals surface area contributed by atoms with Crippen LogP contribution in [0.1, 0.15) is 19.8 Å². The summed E-state index contributed by atoms with van der Waals surface area (Å²) < 4.78 is 26.4. The van der Waals surface area contributed by atoms with Crippen molar-refractivity contribution in [2.24, 2.45) is 0 Å². The molecule has 0 aliphatic carbocycles. The first-order valence-corrected chi connectivity index (χ1v) is 7.20. The predicted molar refractivity (Wildman–Crippen MR) is 68.2 cm³/mol. The monoisotopic (exact) mass is 269 g/mol. The molecule has 0 N–H and O–H groups in total. The van der Waals surface area contributed by atoms with Crippen LogP contribution >= 0.6 is 0 Å². The second-order valence-corrected chi connectivity index (χ2v) is 6.05. The number of likely N-dealkylation sites (tertiary alicyclic amines) is 1. The van der Waals surface area contributed by atoms with Gasteiger partial charge in [-0.25, -0.2) is 4.39 Å². The van der Waals surface area contributed by atoms with Gasteiger partial charge in [-0.3, -0.25) is 9.00 Å². The van der Waals surface area contributed by atoms with E-state index in [0.717, 1.165) is 12.8 Å². The van der Waals surface area contributed by atoms with Crippen LogP contribution in [0.5, 0.6) is 0 Å². The number of hydrogen-bond donors (Lipinski definition) is 0. The van der Waals surface area contributed by atoms with Gasteiger partial charge in [0.15, 0.2) is 0 Å². The molecule has 1 aliphatic heterocycles. The fraction of sp³-hybridized carbons (Fsp3) is 0.462. The van der Waals surface area contributed by atoms with Crippen LogP contribution in [0.3, 0.4) is 0 Å². The summed E-state index contributed by atoms with van der Waals surface area (Å²) in [5, 5.41) is -2.23. The van der Waals surface area contributed by atoms with E-state index in [1.807, 2.05) is 6.92 Å². The van der Waals surface area contributed by atoms with Crippen LogP contribution in [0.2, 0.25) is 0 Å². The zero-order valence-electron chi connectivity index (χ0n) is 10.3. The number of nitrogens with zero attached hydrogens (tertiary/aromatic N) is 1. The van der Waals surface area contributed by atoms with Crippen LogP contribution in [0.4, 0.5) is 4.39 Å². The van der Waals surface area contributed by atoms with Crippen LogP contribution in [-0.4, -0.2) is 33.1 Å². The summed E-state index contributed by atoms with van der Waals surface area (Å²) in [5.74, 6) is -0.641. The Morgan fingerprint density at radius 3 is 2.61 bits per heavy atom. The summed E-state index contributed by atoms with van der Waals surface area (Å²) in [7, 11) is -1.92. The molecule has 1 fully saturated rings. The number of β-lactam (4-membered cyclic amide) rings is 1. The molecule has 1 saturated heterocycles. The molecule has 3 nitrogen and oxygen atoms in total. The van der Waals surface area contributed by atoms with Crippen molar-refractivity contribution in [3.05, 3.63) is 30.3 Å². The molecule has 0 spiro atoms. The highest BCUT2D eigenvalue weighted by atomic mass is 32.2. The van der Waals surface area contributed by atoms with Gasteiger partial charge in [-0.15, -0.1) is 0 Å². The molecule has 1 amide bonds. The van der Waals surface area contributed by atoms with E-state index in [1.165, 1.54) is 4.90 Å². The number of benzene rings is 1. The number of rotatable bonds is 5. The second kappa shape index (κ2) is 5.18. The average Bonchev–Trinajstić information content (AvgIpc) is 2.42. The van der Waals surface area contributed by atoms with Crippen molar-refractivity contribution in [3.8, 4) is 0 Å². The number of hydrogen-bond acceptors (Lipinski definition) is 2. The maximum atomic E-state index is 14.4. The third kappa shape index (κ3) is 2.19. The van der Waals surface area contributed by atoms with E-state index in [9.17, 15) is 13.4 Å². The van der Waals surface area contributed by atoms with Crippen molar-refractivity contribution in [1.29, 1.82) is 0 Å². The minimum absolute atomic E-state index is 0.0622. The quantitative estimate of drug-likeness (QED) is 0.768. The molecule has 1 heterocycles. The van der Waals surface area contributed by atoms with Gasteiger partial charge in [0.1, 0.15) is 10.8 Å². The Balaban J connectivity index is 2.07. The van der Waals surface area contributed by atoms with E-state index < -0.39 is 21.7 Å². The average molecular weight is 269 g/mol.